The Morgan fingerprint density at radius 3 is 2.24 bits per heavy atom. The first-order chi connectivity index (χ1) is 19.1. The van der Waals surface area contributed by atoms with Gasteiger partial charge in [0.1, 0.15) is 11.6 Å². The number of aromatic nitrogens is 3. The molecule has 0 radical (unpaired) electrons. The lowest BCUT2D eigenvalue weighted by molar-refractivity contribution is -0.243. The van der Waals surface area contributed by atoms with Crippen molar-refractivity contribution in [1.82, 2.24) is 15.1 Å². The van der Waals surface area contributed by atoms with Crippen molar-refractivity contribution < 1.29 is 40.7 Å². The molecule has 1 amide bonds. The van der Waals surface area contributed by atoms with Gasteiger partial charge in [0.05, 0.1) is 6.10 Å². The summed E-state index contributed by atoms with van der Waals surface area (Å²) in [6.45, 7) is 6.00. The maximum Gasteiger partial charge on any atom is 0.427 e. The molecule has 0 fully saturated rings. The molecule has 3 rings (SSSR count). The highest BCUT2D eigenvalue weighted by molar-refractivity contribution is 5.87. The van der Waals surface area contributed by atoms with Crippen LogP contribution < -0.4 is 9.64 Å². The highest BCUT2D eigenvalue weighted by Crippen LogP contribution is 2.34. The van der Waals surface area contributed by atoms with Gasteiger partial charge in [0.15, 0.2) is 5.82 Å². The summed E-state index contributed by atoms with van der Waals surface area (Å²) in [6, 6.07) is 10.5. The van der Waals surface area contributed by atoms with Crippen LogP contribution >= 0.6 is 0 Å². The van der Waals surface area contributed by atoms with Gasteiger partial charge in [-0.25, -0.2) is 9.78 Å². The molecule has 0 aliphatic carbocycles. The van der Waals surface area contributed by atoms with E-state index in [9.17, 15) is 26.7 Å². The van der Waals surface area contributed by atoms with Gasteiger partial charge >= 0.3 is 18.2 Å². The Bertz CT molecular complexity index is 1290. The van der Waals surface area contributed by atoms with Crippen molar-refractivity contribution in [1.29, 1.82) is 0 Å². The van der Waals surface area contributed by atoms with E-state index in [2.05, 4.69) is 19.6 Å². The maximum atomic E-state index is 13.5. The second-order valence-corrected chi connectivity index (χ2v) is 10.3. The zero-order chi connectivity index (χ0) is 30.4. The number of benzene rings is 1. The number of aryl methyl sites for hydroxylation is 1. The summed E-state index contributed by atoms with van der Waals surface area (Å²) in [5.41, 5.74) is -1.27. The molecule has 0 aliphatic rings. The topological polar surface area (TPSA) is 90.6 Å². The molecule has 41 heavy (non-hydrogen) atoms. The number of hydrogen-bond acceptors (Lipinski definition) is 7. The number of nitrogens with zero attached hydrogens (tertiary/aromatic N) is 4. The minimum Gasteiger partial charge on any atom is -0.491 e. The predicted molar refractivity (Wildman–Crippen MR) is 141 cm³/mol. The van der Waals surface area contributed by atoms with Crippen molar-refractivity contribution in [2.24, 2.45) is 0 Å². The number of carbonyl (C=O) groups excluding carboxylic acids is 1. The third kappa shape index (κ3) is 8.86. The molecule has 8 nitrogen and oxygen atoms in total. The van der Waals surface area contributed by atoms with Crippen molar-refractivity contribution in [3.63, 3.8) is 0 Å². The standard InChI is InChI=1S/C28H33F5N4O4/c1-18(2)39-21-12-10-19(11-13-21)20-14-15-34-23(17-20)37(25(38)40-26(3,4)28(31,32)33)16-8-6-7-9-22-35-24(41-36-22)27(5,29)30/h10-15,17-18H,6-9,16H2,1-5H3. The molecule has 13 heteroatoms. The summed E-state index contributed by atoms with van der Waals surface area (Å²) in [6.07, 6.45) is -3.00. The van der Waals surface area contributed by atoms with E-state index in [0.717, 1.165) is 24.3 Å². The lowest BCUT2D eigenvalue weighted by Crippen LogP contribution is -2.47. The molecule has 3 aromatic rings. The van der Waals surface area contributed by atoms with Gasteiger partial charge in [-0.05, 0) is 75.9 Å². The second-order valence-electron chi connectivity index (χ2n) is 10.3. The van der Waals surface area contributed by atoms with Gasteiger partial charge in [-0.1, -0.05) is 23.7 Å². The Morgan fingerprint density at radius 2 is 1.66 bits per heavy atom. The van der Waals surface area contributed by atoms with Gasteiger partial charge in [-0.3, -0.25) is 4.90 Å². The zero-order valence-corrected chi connectivity index (χ0v) is 23.5. The van der Waals surface area contributed by atoms with Crippen molar-refractivity contribution in [3.8, 4) is 16.9 Å². The highest BCUT2D eigenvalue weighted by atomic mass is 19.4. The Morgan fingerprint density at radius 1 is 0.976 bits per heavy atom. The van der Waals surface area contributed by atoms with Crippen LogP contribution in [0.3, 0.4) is 0 Å². The summed E-state index contributed by atoms with van der Waals surface area (Å²) < 4.78 is 82.1. The number of amides is 1. The largest absolute Gasteiger partial charge is 0.491 e. The molecule has 0 saturated heterocycles. The van der Waals surface area contributed by atoms with Crippen molar-refractivity contribution >= 4 is 11.9 Å². The van der Waals surface area contributed by atoms with Crippen molar-refractivity contribution in [3.05, 3.63) is 54.3 Å². The fourth-order valence-corrected chi connectivity index (χ4v) is 3.64. The van der Waals surface area contributed by atoms with Crippen LogP contribution in [-0.4, -0.2) is 45.6 Å². The lowest BCUT2D eigenvalue weighted by Gasteiger charge is -2.31. The molecule has 224 valence electrons. The molecule has 1 aromatic carbocycles. The number of anilines is 1. The van der Waals surface area contributed by atoms with E-state index >= 15 is 0 Å². The molecular weight excluding hydrogens is 551 g/mol. The van der Waals surface area contributed by atoms with Crippen LogP contribution in [0.25, 0.3) is 11.1 Å². The Hall–Kier alpha value is -3.77. The van der Waals surface area contributed by atoms with E-state index in [1.54, 1.807) is 24.3 Å². The Kier molecular flexibility index (Phi) is 9.93. The van der Waals surface area contributed by atoms with Crippen LogP contribution in [0.5, 0.6) is 5.75 Å². The molecule has 0 aliphatic heterocycles. The molecule has 0 bridgehead atoms. The third-order valence-corrected chi connectivity index (χ3v) is 5.95. The molecule has 0 spiro atoms. The van der Waals surface area contributed by atoms with Crippen molar-refractivity contribution in [2.75, 3.05) is 11.4 Å². The predicted octanol–water partition coefficient (Wildman–Crippen LogP) is 7.73. The number of pyridine rings is 1. The van der Waals surface area contributed by atoms with E-state index in [1.165, 1.54) is 6.20 Å². The Labute approximate surface area is 234 Å². The summed E-state index contributed by atoms with van der Waals surface area (Å²) in [4.78, 5) is 22.0. The van der Waals surface area contributed by atoms with E-state index in [1.807, 2.05) is 26.0 Å². The molecule has 0 N–H and O–H groups in total. The lowest BCUT2D eigenvalue weighted by atomic mass is 10.1. The van der Waals surface area contributed by atoms with Gasteiger partial charge in [0, 0.05) is 26.1 Å². The van der Waals surface area contributed by atoms with E-state index in [0.29, 0.717) is 37.5 Å². The number of unbranched alkanes of at least 4 members (excludes halogenated alkanes) is 2. The van der Waals surface area contributed by atoms with Gasteiger partial charge in [0.2, 0.25) is 5.60 Å². The quantitative estimate of drug-likeness (QED) is 0.159. The van der Waals surface area contributed by atoms with Crippen LogP contribution in [0.2, 0.25) is 0 Å². The fourth-order valence-electron chi connectivity index (χ4n) is 3.64. The SMILES string of the molecule is CC(C)Oc1ccc(-c2ccnc(N(CCCCCc3noc(C(C)(F)F)n3)C(=O)OC(C)(C)C(F)(F)F)c2)cc1. The fraction of sp³-hybridized carbons (Fsp3) is 0.500. The minimum absolute atomic E-state index is 0.000304. The molecule has 2 heterocycles. The highest BCUT2D eigenvalue weighted by Gasteiger charge is 2.51. The number of hydrogen-bond donors (Lipinski definition) is 0. The van der Waals surface area contributed by atoms with Crippen LogP contribution in [0, 0.1) is 0 Å². The first-order valence-electron chi connectivity index (χ1n) is 13.1. The molecular formula is C28H33F5N4O4. The summed E-state index contributed by atoms with van der Waals surface area (Å²) in [7, 11) is 0. The van der Waals surface area contributed by atoms with E-state index in [-0.39, 0.29) is 30.7 Å². The average molecular weight is 585 g/mol. The molecule has 2 aromatic heterocycles. The first kappa shape index (κ1) is 31.8. The summed E-state index contributed by atoms with van der Waals surface area (Å²) >= 11 is 0. The number of carbonyl (C=O) groups is 1. The zero-order valence-electron chi connectivity index (χ0n) is 23.5. The minimum atomic E-state index is -4.79. The summed E-state index contributed by atoms with van der Waals surface area (Å²) in [5.74, 6) is -3.12. The Balaban J connectivity index is 1.74. The maximum absolute atomic E-state index is 13.5. The smallest absolute Gasteiger partial charge is 0.427 e. The van der Waals surface area contributed by atoms with Crippen LogP contribution in [0.1, 0.15) is 65.6 Å². The number of ether oxygens (including phenoxy) is 2. The summed E-state index contributed by atoms with van der Waals surface area (Å²) in [5, 5.41) is 3.54. The van der Waals surface area contributed by atoms with Gasteiger partial charge in [-0.2, -0.15) is 26.9 Å². The molecule has 0 unspecified atom stereocenters. The van der Waals surface area contributed by atoms with Gasteiger partial charge in [0.25, 0.3) is 5.89 Å². The van der Waals surface area contributed by atoms with E-state index < -0.39 is 29.7 Å². The van der Waals surface area contributed by atoms with E-state index in [4.69, 9.17) is 9.47 Å². The average Bonchev–Trinajstić information content (AvgIpc) is 3.35. The first-order valence-corrected chi connectivity index (χ1v) is 13.1. The number of rotatable bonds is 12. The second kappa shape index (κ2) is 12.8. The molecule has 0 atom stereocenters. The number of halogens is 5. The van der Waals surface area contributed by atoms with Crippen LogP contribution in [0.15, 0.2) is 47.1 Å². The monoisotopic (exact) mass is 584 g/mol. The van der Waals surface area contributed by atoms with Crippen molar-refractivity contribution in [2.45, 2.75) is 84.1 Å². The van der Waals surface area contributed by atoms with Crippen LogP contribution in [-0.2, 0) is 17.1 Å². The normalized spacial score (nSPS) is 12.5. The van der Waals surface area contributed by atoms with Crippen LogP contribution in [0.4, 0.5) is 32.6 Å². The number of alkyl halides is 5. The molecule has 0 saturated carbocycles. The van der Waals surface area contributed by atoms with Gasteiger partial charge in [-0.15, -0.1) is 0 Å². The third-order valence-electron chi connectivity index (χ3n) is 5.95. The van der Waals surface area contributed by atoms with Gasteiger partial charge < -0.3 is 14.0 Å².